The predicted molar refractivity (Wildman–Crippen MR) is 129 cm³/mol. The smallest absolute Gasteiger partial charge is 0.249 e. The third-order valence-electron chi connectivity index (χ3n) is 7.17. The average Bonchev–Trinajstić information content (AvgIpc) is 3.55. The highest BCUT2D eigenvalue weighted by Gasteiger charge is 2.52. The molecule has 2 aliphatic carbocycles. The van der Waals surface area contributed by atoms with E-state index in [0.717, 1.165) is 25.7 Å². The lowest BCUT2D eigenvalue weighted by Gasteiger charge is -2.43. The van der Waals surface area contributed by atoms with Crippen LogP contribution < -0.4 is 14.8 Å². The molecule has 4 atom stereocenters. The molecule has 1 heterocycles. The summed E-state index contributed by atoms with van der Waals surface area (Å²) in [6.45, 7) is 1.87. The van der Waals surface area contributed by atoms with Gasteiger partial charge >= 0.3 is 0 Å². The highest BCUT2D eigenvalue weighted by Crippen LogP contribution is 2.51. The van der Waals surface area contributed by atoms with Gasteiger partial charge in [0.2, 0.25) is 11.8 Å². The molecule has 4 rings (SSSR count). The fourth-order valence-electron chi connectivity index (χ4n) is 5.59. The molecule has 0 saturated heterocycles. The van der Waals surface area contributed by atoms with Crippen LogP contribution in [-0.2, 0) is 14.3 Å². The first kappa shape index (κ1) is 26.1. The second-order valence-electron chi connectivity index (χ2n) is 9.28. The predicted octanol–water partition coefficient (Wildman–Crippen LogP) is 0.938. The number of carbonyl (C=O) groups is 3. The van der Waals surface area contributed by atoms with Gasteiger partial charge in [0.25, 0.3) is 0 Å². The van der Waals surface area contributed by atoms with E-state index < -0.39 is 30.1 Å². The van der Waals surface area contributed by atoms with Gasteiger partial charge in [0.1, 0.15) is 25.1 Å². The van der Waals surface area contributed by atoms with E-state index in [1.807, 2.05) is 0 Å². The number of amides is 2. The Bertz CT molecular complexity index is 1020. The minimum atomic E-state index is -1.15. The molecule has 0 spiro atoms. The second-order valence-corrected chi connectivity index (χ2v) is 9.28. The van der Waals surface area contributed by atoms with Crippen LogP contribution in [0.3, 0.4) is 0 Å². The van der Waals surface area contributed by atoms with Crippen LogP contribution in [0.5, 0.6) is 11.5 Å². The van der Waals surface area contributed by atoms with Crippen molar-refractivity contribution in [3.8, 4) is 11.5 Å². The number of nitrogens with one attached hydrogen (secondary N) is 1. The Morgan fingerprint density at radius 3 is 2.67 bits per heavy atom. The van der Waals surface area contributed by atoms with Crippen LogP contribution in [0.4, 0.5) is 0 Å². The first-order chi connectivity index (χ1) is 17.4. The standard InChI is InChI=1S/C26H34N2O8/c1-3-35-14-21(31)28(16-6-4-5-7-16)19-12-18(26(33)27-8-9-29)22-17-10-15(13-30)11-20(34-2)24(17)36-25(22)23(19)32/h10-13,16,19,22-23,25,29,32H,3-9,14H2,1-2H3,(H,27,33)/t19-,22+,23+,25+/m1/s1. The Kier molecular flexibility index (Phi) is 8.28. The van der Waals surface area contributed by atoms with E-state index in [1.165, 1.54) is 7.11 Å². The molecule has 0 radical (unpaired) electrons. The van der Waals surface area contributed by atoms with Crippen molar-refractivity contribution >= 4 is 18.1 Å². The fraction of sp³-hybridized carbons (Fsp3) is 0.577. The molecular formula is C26H34N2O8. The summed E-state index contributed by atoms with van der Waals surface area (Å²) >= 11 is 0. The van der Waals surface area contributed by atoms with Gasteiger partial charge in [-0.15, -0.1) is 0 Å². The summed E-state index contributed by atoms with van der Waals surface area (Å²) in [6.07, 6.45) is 3.83. The number of methoxy groups -OCH3 is 1. The Morgan fingerprint density at radius 1 is 1.28 bits per heavy atom. The molecule has 1 saturated carbocycles. The van der Waals surface area contributed by atoms with Gasteiger partial charge in [0, 0.05) is 35.9 Å². The van der Waals surface area contributed by atoms with Crippen LogP contribution in [0.15, 0.2) is 23.8 Å². The number of ether oxygens (including phenoxy) is 3. The molecular weight excluding hydrogens is 468 g/mol. The summed E-state index contributed by atoms with van der Waals surface area (Å²) in [5.74, 6) is -0.707. The normalized spacial score (nSPS) is 24.8. The van der Waals surface area contributed by atoms with Gasteiger partial charge in [0.15, 0.2) is 11.5 Å². The van der Waals surface area contributed by atoms with Crippen LogP contribution in [-0.4, -0.2) is 91.0 Å². The lowest BCUT2D eigenvalue weighted by Crippen LogP contribution is -2.58. The average molecular weight is 503 g/mol. The molecule has 2 amide bonds. The molecule has 10 heteroatoms. The van der Waals surface area contributed by atoms with Crippen molar-refractivity contribution in [3.05, 3.63) is 34.9 Å². The van der Waals surface area contributed by atoms with Gasteiger partial charge in [-0.25, -0.2) is 0 Å². The van der Waals surface area contributed by atoms with Crippen LogP contribution in [0.2, 0.25) is 0 Å². The van der Waals surface area contributed by atoms with Crippen molar-refractivity contribution in [1.29, 1.82) is 0 Å². The maximum Gasteiger partial charge on any atom is 0.249 e. The van der Waals surface area contributed by atoms with Crippen molar-refractivity contribution in [3.63, 3.8) is 0 Å². The number of rotatable bonds is 10. The van der Waals surface area contributed by atoms with Crippen molar-refractivity contribution in [2.45, 2.75) is 62.8 Å². The lowest BCUT2D eigenvalue weighted by atomic mass is 9.77. The number of hydrogen-bond donors (Lipinski definition) is 3. The van der Waals surface area contributed by atoms with Crippen LogP contribution in [0.25, 0.3) is 0 Å². The third kappa shape index (κ3) is 4.85. The maximum atomic E-state index is 13.3. The summed E-state index contributed by atoms with van der Waals surface area (Å²) in [7, 11) is 1.45. The van der Waals surface area contributed by atoms with Gasteiger partial charge < -0.3 is 34.6 Å². The molecule has 3 N–H and O–H groups in total. The maximum absolute atomic E-state index is 13.3. The molecule has 1 aliphatic heterocycles. The van der Waals surface area contributed by atoms with Crippen LogP contribution >= 0.6 is 0 Å². The van der Waals surface area contributed by atoms with E-state index in [0.29, 0.717) is 41.1 Å². The summed E-state index contributed by atoms with van der Waals surface area (Å²) in [6, 6.07) is 2.26. The highest BCUT2D eigenvalue weighted by molar-refractivity contribution is 5.96. The van der Waals surface area contributed by atoms with E-state index in [4.69, 9.17) is 14.2 Å². The molecule has 1 fully saturated rings. The molecule has 36 heavy (non-hydrogen) atoms. The van der Waals surface area contributed by atoms with E-state index in [-0.39, 0.29) is 31.7 Å². The largest absolute Gasteiger partial charge is 0.493 e. The SMILES string of the molecule is CCOCC(=O)N(C1CCCC1)[C@@H]1C=C(C(=O)NCCO)[C@@H]2c3cc(C=O)cc(OC)c3O[C@@H]2[C@H]1O. The quantitative estimate of drug-likeness (QED) is 0.403. The molecule has 196 valence electrons. The first-order valence-corrected chi connectivity index (χ1v) is 12.5. The van der Waals surface area contributed by atoms with Crippen molar-refractivity contribution < 1.29 is 38.8 Å². The molecule has 3 aliphatic rings. The number of aldehydes is 1. The van der Waals surface area contributed by atoms with E-state index >= 15 is 0 Å². The molecule has 0 aromatic heterocycles. The number of fused-ring (bicyclic) bond motifs is 3. The molecule has 1 aromatic carbocycles. The van der Waals surface area contributed by atoms with Crippen LogP contribution in [0, 0.1) is 0 Å². The van der Waals surface area contributed by atoms with Gasteiger partial charge in [0.05, 0.1) is 25.7 Å². The Balaban J connectivity index is 1.80. The number of aliphatic hydroxyl groups excluding tert-OH is 2. The van der Waals surface area contributed by atoms with E-state index in [2.05, 4.69) is 5.32 Å². The van der Waals surface area contributed by atoms with Crippen molar-refractivity contribution in [2.75, 3.05) is 33.5 Å². The van der Waals surface area contributed by atoms with E-state index in [1.54, 1.807) is 30.0 Å². The minimum absolute atomic E-state index is 0.0435. The van der Waals surface area contributed by atoms with Crippen molar-refractivity contribution in [1.82, 2.24) is 10.2 Å². The van der Waals surface area contributed by atoms with E-state index in [9.17, 15) is 24.6 Å². The summed E-state index contributed by atoms with van der Waals surface area (Å²) in [5, 5.41) is 23.5. The minimum Gasteiger partial charge on any atom is -0.493 e. The molecule has 0 unspecified atom stereocenters. The third-order valence-corrected chi connectivity index (χ3v) is 7.17. The number of hydrogen-bond acceptors (Lipinski definition) is 8. The number of benzene rings is 1. The zero-order valence-corrected chi connectivity index (χ0v) is 20.6. The van der Waals surface area contributed by atoms with Gasteiger partial charge in [-0.1, -0.05) is 12.8 Å². The fourth-order valence-corrected chi connectivity index (χ4v) is 5.59. The lowest BCUT2D eigenvalue weighted by molar-refractivity contribution is -0.145. The molecule has 10 nitrogen and oxygen atoms in total. The first-order valence-electron chi connectivity index (χ1n) is 12.5. The summed E-state index contributed by atoms with van der Waals surface area (Å²) < 4.78 is 17.0. The number of carbonyl (C=O) groups excluding carboxylic acids is 3. The van der Waals surface area contributed by atoms with Crippen molar-refractivity contribution in [2.24, 2.45) is 0 Å². The Labute approximate surface area is 210 Å². The zero-order valence-electron chi connectivity index (χ0n) is 20.6. The number of nitrogens with zero attached hydrogens (tertiary/aromatic N) is 1. The Hall–Kier alpha value is -2.95. The van der Waals surface area contributed by atoms with Gasteiger partial charge in [-0.2, -0.15) is 0 Å². The molecule has 1 aromatic rings. The van der Waals surface area contributed by atoms with Crippen LogP contribution in [0.1, 0.15) is 54.4 Å². The monoisotopic (exact) mass is 502 g/mol. The Morgan fingerprint density at radius 2 is 2.03 bits per heavy atom. The topological polar surface area (TPSA) is 135 Å². The van der Waals surface area contributed by atoms with Gasteiger partial charge in [-0.05, 0) is 38.0 Å². The zero-order chi connectivity index (χ0) is 25.8. The number of aliphatic hydroxyl groups is 2. The second kappa shape index (κ2) is 11.4. The highest BCUT2D eigenvalue weighted by atomic mass is 16.5. The summed E-state index contributed by atoms with van der Waals surface area (Å²) in [5.41, 5.74) is 1.21. The summed E-state index contributed by atoms with van der Waals surface area (Å²) in [4.78, 5) is 39.8. The molecule has 0 bridgehead atoms. The van der Waals surface area contributed by atoms with Gasteiger partial charge in [-0.3, -0.25) is 14.4 Å².